The van der Waals surface area contributed by atoms with Gasteiger partial charge in [0.1, 0.15) is 5.82 Å². The van der Waals surface area contributed by atoms with Crippen LogP contribution in [0.25, 0.3) is 0 Å². The lowest BCUT2D eigenvalue weighted by Crippen LogP contribution is -2.30. The molecule has 0 radical (unpaired) electrons. The van der Waals surface area contributed by atoms with E-state index in [0.29, 0.717) is 23.0 Å². The summed E-state index contributed by atoms with van der Waals surface area (Å²) in [5.74, 6) is 0.357. The summed E-state index contributed by atoms with van der Waals surface area (Å²) < 4.78 is 14.1. The summed E-state index contributed by atoms with van der Waals surface area (Å²) in [6.07, 6.45) is 4.79. The van der Waals surface area contributed by atoms with Crippen molar-refractivity contribution in [3.8, 4) is 0 Å². The van der Waals surface area contributed by atoms with Crippen LogP contribution in [0.5, 0.6) is 0 Å². The van der Waals surface area contributed by atoms with Crippen LogP contribution in [0.15, 0.2) is 42.7 Å². The molecule has 1 aliphatic rings. The number of benzene rings is 1. The number of aromatic nitrogens is 1. The van der Waals surface area contributed by atoms with Crippen LogP contribution in [0.4, 0.5) is 4.39 Å². The highest BCUT2D eigenvalue weighted by Crippen LogP contribution is 2.23. The first kappa shape index (κ1) is 16.4. The second-order valence-corrected chi connectivity index (χ2v) is 6.50. The van der Waals surface area contributed by atoms with E-state index < -0.39 is 0 Å². The Kier molecular flexibility index (Phi) is 5.60. The van der Waals surface area contributed by atoms with Crippen LogP contribution in [0.1, 0.15) is 17.5 Å². The molecular formula is C18H21ClFN3. The van der Waals surface area contributed by atoms with Crippen molar-refractivity contribution in [1.29, 1.82) is 0 Å². The standard InChI is InChI=1S/C18H21ClFN3/c19-17-4-1-5-18(20)16(17)13-23(12-15-6-8-22-10-15)11-14-3-2-7-21-9-14/h1-5,7,9,15,22H,6,8,10-13H2. The molecule has 122 valence electrons. The van der Waals surface area contributed by atoms with Crippen LogP contribution < -0.4 is 5.32 Å². The van der Waals surface area contributed by atoms with E-state index in [1.807, 2.05) is 12.3 Å². The predicted molar refractivity (Wildman–Crippen MR) is 90.7 cm³/mol. The Morgan fingerprint density at radius 3 is 2.87 bits per heavy atom. The molecule has 5 heteroatoms. The van der Waals surface area contributed by atoms with E-state index in [9.17, 15) is 4.39 Å². The van der Waals surface area contributed by atoms with E-state index in [1.54, 1.807) is 18.3 Å². The number of hydrogen-bond donors (Lipinski definition) is 1. The predicted octanol–water partition coefficient (Wildman–Crippen LogP) is 3.49. The van der Waals surface area contributed by atoms with Crippen LogP contribution in [0, 0.1) is 11.7 Å². The minimum atomic E-state index is -0.238. The van der Waals surface area contributed by atoms with Crippen LogP contribution in [0.3, 0.4) is 0 Å². The maximum Gasteiger partial charge on any atom is 0.129 e. The van der Waals surface area contributed by atoms with Gasteiger partial charge in [0.25, 0.3) is 0 Å². The van der Waals surface area contributed by atoms with Gasteiger partial charge in [0, 0.05) is 42.6 Å². The van der Waals surface area contributed by atoms with Gasteiger partial charge in [-0.25, -0.2) is 4.39 Å². The highest BCUT2D eigenvalue weighted by molar-refractivity contribution is 6.31. The zero-order chi connectivity index (χ0) is 16.1. The first-order chi connectivity index (χ1) is 11.2. The van der Waals surface area contributed by atoms with Gasteiger partial charge < -0.3 is 5.32 Å². The summed E-state index contributed by atoms with van der Waals surface area (Å²) in [5, 5.41) is 3.88. The highest BCUT2D eigenvalue weighted by atomic mass is 35.5. The van der Waals surface area contributed by atoms with Crippen molar-refractivity contribution in [1.82, 2.24) is 15.2 Å². The summed E-state index contributed by atoms with van der Waals surface area (Å²) in [4.78, 5) is 6.44. The van der Waals surface area contributed by atoms with Gasteiger partial charge in [-0.15, -0.1) is 0 Å². The molecule has 0 spiro atoms. The summed E-state index contributed by atoms with van der Waals surface area (Å²) in [6.45, 7) is 4.26. The molecule has 1 fully saturated rings. The van der Waals surface area contributed by atoms with Crippen molar-refractivity contribution in [2.75, 3.05) is 19.6 Å². The first-order valence-corrected chi connectivity index (χ1v) is 8.35. The molecule has 1 aromatic carbocycles. The molecule has 0 saturated carbocycles. The van der Waals surface area contributed by atoms with Crippen molar-refractivity contribution in [2.24, 2.45) is 5.92 Å². The summed E-state index contributed by atoms with van der Waals surface area (Å²) in [6, 6.07) is 8.85. The Labute approximate surface area is 141 Å². The van der Waals surface area contributed by atoms with Crippen LogP contribution >= 0.6 is 11.6 Å². The normalized spacial score (nSPS) is 17.8. The molecular weight excluding hydrogens is 313 g/mol. The van der Waals surface area contributed by atoms with E-state index >= 15 is 0 Å². The molecule has 1 unspecified atom stereocenters. The van der Waals surface area contributed by atoms with Crippen molar-refractivity contribution in [3.63, 3.8) is 0 Å². The molecule has 1 aromatic heterocycles. The Morgan fingerprint density at radius 2 is 2.17 bits per heavy atom. The second kappa shape index (κ2) is 7.86. The molecule has 0 aliphatic carbocycles. The Morgan fingerprint density at radius 1 is 1.26 bits per heavy atom. The van der Waals surface area contributed by atoms with Gasteiger partial charge in [-0.1, -0.05) is 23.7 Å². The van der Waals surface area contributed by atoms with Gasteiger partial charge in [-0.3, -0.25) is 9.88 Å². The number of halogens is 2. The summed E-state index contributed by atoms with van der Waals surface area (Å²) in [7, 11) is 0. The van der Waals surface area contributed by atoms with Crippen molar-refractivity contribution in [3.05, 3.63) is 64.7 Å². The number of nitrogens with one attached hydrogen (secondary N) is 1. The number of rotatable bonds is 6. The maximum atomic E-state index is 14.1. The maximum absolute atomic E-state index is 14.1. The topological polar surface area (TPSA) is 28.2 Å². The van der Waals surface area contributed by atoms with E-state index in [1.165, 1.54) is 6.07 Å². The summed E-state index contributed by atoms with van der Waals surface area (Å²) in [5.41, 5.74) is 1.70. The average molecular weight is 334 g/mol. The third-order valence-corrected chi connectivity index (χ3v) is 4.61. The quantitative estimate of drug-likeness (QED) is 0.877. The Hall–Kier alpha value is -1.49. The van der Waals surface area contributed by atoms with Crippen LogP contribution in [-0.2, 0) is 13.1 Å². The molecule has 3 nitrogen and oxygen atoms in total. The van der Waals surface area contributed by atoms with Crippen LogP contribution in [0.2, 0.25) is 5.02 Å². The molecule has 1 saturated heterocycles. The lowest BCUT2D eigenvalue weighted by atomic mass is 10.1. The molecule has 2 heterocycles. The SMILES string of the molecule is Fc1cccc(Cl)c1CN(Cc1cccnc1)CC1CCNC1. The minimum Gasteiger partial charge on any atom is -0.316 e. The third-order valence-electron chi connectivity index (χ3n) is 4.25. The molecule has 0 bridgehead atoms. The monoisotopic (exact) mass is 333 g/mol. The molecule has 1 N–H and O–H groups in total. The van der Waals surface area contributed by atoms with Crippen molar-refractivity contribution >= 4 is 11.6 Å². The molecule has 2 aromatic rings. The molecule has 1 aliphatic heterocycles. The fourth-order valence-electron chi connectivity index (χ4n) is 3.08. The van der Waals surface area contributed by atoms with E-state index in [4.69, 9.17) is 11.6 Å². The smallest absolute Gasteiger partial charge is 0.129 e. The van der Waals surface area contributed by atoms with Crippen LogP contribution in [-0.4, -0.2) is 29.5 Å². The lowest BCUT2D eigenvalue weighted by Gasteiger charge is -2.26. The highest BCUT2D eigenvalue weighted by Gasteiger charge is 2.20. The van der Waals surface area contributed by atoms with Gasteiger partial charge in [0.2, 0.25) is 0 Å². The molecule has 1 atom stereocenters. The van der Waals surface area contributed by atoms with Gasteiger partial charge in [0.15, 0.2) is 0 Å². The number of pyridine rings is 1. The fourth-order valence-corrected chi connectivity index (χ4v) is 3.30. The first-order valence-electron chi connectivity index (χ1n) is 7.97. The Bertz CT molecular complexity index is 609. The zero-order valence-electron chi connectivity index (χ0n) is 13.0. The number of nitrogens with zero attached hydrogens (tertiary/aromatic N) is 2. The molecule has 23 heavy (non-hydrogen) atoms. The Balaban J connectivity index is 1.76. The molecule has 3 rings (SSSR count). The third kappa shape index (κ3) is 4.50. The van der Waals surface area contributed by atoms with Gasteiger partial charge in [0.05, 0.1) is 0 Å². The van der Waals surface area contributed by atoms with E-state index in [2.05, 4.69) is 21.3 Å². The van der Waals surface area contributed by atoms with Crippen molar-refractivity contribution in [2.45, 2.75) is 19.5 Å². The van der Waals surface area contributed by atoms with Gasteiger partial charge >= 0.3 is 0 Å². The average Bonchev–Trinajstić information content (AvgIpc) is 3.05. The number of hydrogen-bond acceptors (Lipinski definition) is 3. The fraction of sp³-hybridized carbons (Fsp3) is 0.389. The van der Waals surface area contributed by atoms with E-state index in [-0.39, 0.29) is 5.82 Å². The second-order valence-electron chi connectivity index (χ2n) is 6.09. The molecule has 0 amide bonds. The summed E-state index contributed by atoms with van der Waals surface area (Å²) >= 11 is 6.20. The van der Waals surface area contributed by atoms with Gasteiger partial charge in [-0.05, 0) is 49.2 Å². The largest absolute Gasteiger partial charge is 0.316 e. The lowest BCUT2D eigenvalue weighted by molar-refractivity contribution is 0.218. The zero-order valence-corrected chi connectivity index (χ0v) is 13.8. The minimum absolute atomic E-state index is 0.238. The van der Waals surface area contributed by atoms with Crippen molar-refractivity contribution < 1.29 is 4.39 Å². The van der Waals surface area contributed by atoms with E-state index in [0.717, 1.165) is 38.2 Å². The van der Waals surface area contributed by atoms with Gasteiger partial charge in [-0.2, -0.15) is 0 Å².